The Morgan fingerprint density at radius 3 is 2.53 bits per heavy atom. The van der Waals surface area contributed by atoms with Crippen LogP contribution in [0.3, 0.4) is 0 Å². The fraction of sp³-hybridized carbons (Fsp3) is 0.833. The first-order valence-corrected chi connectivity index (χ1v) is 7.13. The number of hydrogen-bond donors (Lipinski definition) is 0. The van der Waals surface area contributed by atoms with E-state index in [0.717, 1.165) is 12.3 Å². The highest BCUT2D eigenvalue weighted by Gasteiger charge is 2.53. The Balaban J connectivity index is 1.93. The Bertz CT molecular complexity index is 337. The average molecular weight is 256 g/mol. The number of carbonyl (C=O) groups excluding carboxylic acids is 2. The van der Waals surface area contributed by atoms with E-state index in [2.05, 4.69) is 13.8 Å². The molecule has 5 heteroatoms. The van der Waals surface area contributed by atoms with Gasteiger partial charge in [-0.25, -0.2) is 0 Å². The van der Waals surface area contributed by atoms with Gasteiger partial charge in [0.25, 0.3) is 0 Å². The fourth-order valence-electron chi connectivity index (χ4n) is 2.52. The highest BCUT2D eigenvalue weighted by atomic mass is 32.2. The molecule has 0 N–H and O–H groups in total. The van der Waals surface area contributed by atoms with Crippen LogP contribution >= 0.6 is 11.8 Å². The van der Waals surface area contributed by atoms with E-state index < -0.39 is 0 Å². The first kappa shape index (κ1) is 12.7. The van der Waals surface area contributed by atoms with Crippen LogP contribution in [0.2, 0.25) is 0 Å². The number of likely N-dealkylation sites (tertiary alicyclic amines) is 1. The summed E-state index contributed by atoms with van der Waals surface area (Å²) in [5.41, 5.74) is 0. The van der Waals surface area contributed by atoms with Crippen LogP contribution in [0.1, 0.15) is 27.2 Å². The van der Waals surface area contributed by atoms with Crippen molar-refractivity contribution in [2.45, 2.75) is 32.1 Å². The van der Waals surface area contributed by atoms with Gasteiger partial charge < -0.3 is 9.80 Å². The van der Waals surface area contributed by atoms with Crippen molar-refractivity contribution < 1.29 is 9.59 Å². The number of hydrogen-bond acceptors (Lipinski definition) is 3. The van der Waals surface area contributed by atoms with Crippen LogP contribution in [0.5, 0.6) is 0 Å². The SMILES string of the molecule is CC(=O)N1CCSC12CN(C(=O)CC(C)C)C2. The fourth-order valence-corrected chi connectivity index (χ4v) is 4.04. The van der Waals surface area contributed by atoms with Crippen molar-refractivity contribution in [2.75, 3.05) is 25.4 Å². The highest BCUT2D eigenvalue weighted by Crippen LogP contribution is 2.43. The van der Waals surface area contributed by atoms with Crippen molar-refractivity contribution in [1.29, 1.82) is 0 Å². The number of thioether (sulfide) groups is 1. The Hall–Kier alpha value is -0.710. The monoisotopic (exact) mass is 256 g/mol. The summed E-state index contributed by atoms with van der Waals surface area (Å²) in [5, 5.41) is 0. The summed E-state index contributed by atoms with van der Waals surface area (Å²) in [6.07, 6.45) is 0.612. The lowest BCUT2D eigenvalue weighted by molar-refractivity contribution is -0.147. The van der Waals surface area contributed by atoms with Crippen molar-refractivity contribution in [1.82, 2.24) is 9.80 Å². The topological polar surface area (TPSA) is 40.6 Å². The number of carbonyl (C=O) groups is 2. The molecule has 0 atom stereocenters. The largest absolute Gasteiger partial charge is 0.336 e. The summed E-state index contributed by atoms with van der Waals surface area (Å²) in [6, 6.07) is 0. The lowest BCUT2D eigenvalue weighted by Gasteiger charge is -2.51. The normalized spacial score (nSPS) is 22.1. The third-order valence-corrected chi connectivity index (χ3v) is 4.77. The van der Waals surface area contributed by atoms with Crippen LogP contribution < -0.4 is 0 Å². The third-order valence-electron chi connectivity index (χ3n) is 3.37. The van der Waals surface area contributed by atoms with Gasteiger partial charge in [-0.1, -0.05) is 13.8 Å². The standard InChI is InChI=1S/C12H20N2O2S/c1-9(2)6-11(16)13-7-12(8-13)14(10(3)15)4-5-17-12/h9H,4-8H2,1-3H3. The maximum atomic E-state index is 11.9. The molecule has 17 heavy (non-hydrogen) atoms. The predicted octanol–water partition coefficient (Wildman–Crippen LogP) is 1.17. The summed E-state index contributed by atoms with van der Waals surface area (Å²) in [7, 11) is 0. The Morgan fingerprint density at radius 2 is 2.00 bits per heavy atom. The average Bonchev–Trinajstić information content (AvgIpc) is 2.57. The summed E-state index contributed by atoms with van der Waals surface area (Å²) in [5.74, 6) is 1.75. The van der Waals surface area contributed by atoms with E-state index in [1.807, 2.05) is 21.6 Å². The van der Waals surface area contributed by atoms with Crippen LogP contribution in [0.15, 0.2) is 0 Å². The van der Waals surface area contributed by atoms with E-state index in [4.69, 9.17) is 0 Å². The first-order valence-electron chi connectivity index (χ1n) is 6.14. The molecular weight excluding hydrogens is 236 g/mol. The molecule has 0 bridgehead atoms. The summed E-state index contributed by atoms with van der Waals surface area (Å²) in [4.78, 5) is 27.1. The van der Waals surface area contributed by atoms with Crippen LogP contribution in [-0.2, 0) is 9.59 Å². The van der Waals surface area contributed by atoms with Crippen molar-refractivity contribution in [3.05, 3.63) is 0 Å². The van der Waals surface area contributed by atoms with Crippen LogP contribution in [0.4, 0.5) is 0 Å². The number of rotatable bonds is 2. The molecule has 2 aliphatic rings. The second-order valence-corrected chi connectivity index (χ2v) is 6.77. The van der Waals surface area contributed by atoms with Gasteiger partial charge in [0.15, 0.2) is 0 Å². The van der Waals surface area contributed by atoms with E-state index in [0.29, 0.717) is 25.4 Å². The quantitative estimate of drug-likeness (QED) is 0.744. The predicted molar refractivity (Wildman–Crippen MR) is 68.6 cm³/mol. The first-order chi connectivity index (χ1) is 7.94. The van der Waals surface area contributed by atoms with Crippen LogP contribution in [-0.4, -0.2) is 51.9 Å². The van der Waals surface area contributed by atoms with Gasteiger partial charge >= 0.3 is 0 Å². The number of nitrogens with zero attached hydrogens (tertiary/aromatic N) is 2. The molecule has 0 unspecified atom stereocenters. The molecular formula is C12H20N2O2S. The molecule has 2 heterocycles. The van der Waals surface area contributed by atoms with Gasteiger partial charge in [0.05, 0.1) is 13.1 Å². The van der Waals surface area contributed by atoms with Crippen molar-refractivity contribution in [3.8, 4) is 0 Å². The van der Waals surface area contributed by atoms with Gasteiger partial charge in [0.1, 0.15) is 4.87 Å². The van der Waals surface area contributed by atoms with E-state index >= 15 is 0 Å². The maximum absolute atomic E-state index is 11.9. The van der Waals surface area contributed by atoms with Gasteiger partial charge in [-0.3, -0.25) is 9.59 Å². The molecule has 0 aromatic heterocycles. The van der Waals surface area contributed by atoms with E-state index in [-0.39, 0.29) is 16.7 Å². The molecule has 96 valence electrons. The number of amides is 2. The van der Waals surface area contributed by atoms with Gasteiger partial charge in [-0.05, 0) is 5.92 Å². The smallest absolute Gasteiger partial charge is 0.223 e. The Morgan fingerprint density at radius 1 is 1.35 bits per heavy atom. The van der Waals surface area contributed by atoms with Crippen molar-refractivity contribution in [3.63, 3.8) is 0 Å². The molecule has 0 aromatic rings. The molecule has 0 saturated carbocycles. The lowest BCUT2D eigenvalue weighted by atomic mass is 10.0. The molecule has 0 radical (unpaired) electrons. The summed E-state index contributed by atoms with van der Waals surface area (Å²) < 4.78 is 0. The zero-order valence-electron chi connectivity index (χ0n) is 10.7. The van der Waals surface area contributed by atoms with E-state index in [1.165, 1.54) is 0 Å². The van der Waals surface area contributed by atoms with Gasteiger partial charge in [-0.2, -0.15) is 0 Å². The van der Waals surface area contributed by atoms with E-state index in [1.54, 1.807) is 6.92 Å². The summed E-state index contributed by atoms with van der Waals surface area (Å²) in [6.45, 7) is 7.98. The molecule has 2 rings (SSSR count). The second-order valence-electron chi connectivity index (χ2n) is 5.31. The molecule has 2 amide bonds. The highest BCUT2D eigenvalue weighted by molar-refractivity contribution is 8.01. The molecule has 1 spiro atoms. The van der Waals surface area contributed by atoms with Gasteiger partial charge in [-0.15, -0.1) is 11.8 Å². The van der Waals surface area contributed by atoms with Crippen molar-refractivity contribution in [2.24, 2.45) is 5.92 Å². The minimum atomic E-state index is -0.0987. The molecule has 0 aliphatic carbocycles. The zero-order chi connectivity index (χ0) is 12.6. The maximum Gasteiger partial charge on any atom is 0.223 e. The minimum Gasteiger partial charge on any atom is -0.336 e. The molecule has 4 nitrogen and oxygen atoms in total. The molecule has 2 aliphatic heterocycles. The molecule has 2 fully saturated rings. The second kappa shape index (κ2) is 4.52. The molecule has 0 aromatic carbocycles. The lowest BCUT2D eigenvalue weighted by Crippen LogP contribution is -2.68. The van der Waals surface area contributed by atoms with Crippen molar-refractivity contribution >= 4 is 23.6 Å². The van der Waals surface area contributed by atoms with Crippen LogP contribution in [0.25, 0.3) is 0 Å². The zero-order valence-corrected chi connectivity index (χ0v) is 11.5. The van der Waals surface area contributed by atoms with Gasteiger partial charge in [0.2, 0.25) is 11.8 Å². The Labute approximate surface area is 107 Å². The minimum absolute atomic E-state index is 0.0987. The Kier molecular flexibility index (Phi) is 3.39. The molecule has 2 saturated heterocycles. The van der Waals surface area contributed by atoms with E-state index in [9.17, 15) is 9.59 Å². The summed E-state index contributed by atoms with van der Waals surface area (Å²) >= 11 is 1.82. The van der Waals surface area contributed by atoms with Gasteiger partial charge in [0, 0.05) is 25.6 Å². The third kappa shape index (κ3) is 2.30. The van der Waals surface area contributed by atoms with Crippen LogP contribution in [0, 0.1) is 5.92 Å².